The third-order valence-electron chi connectivity index (χ3n) is 4.36. The van der Waals surface area contributed by atoms with Gasteiger partial charge in [-0.15, -0.1) is 0 Å². The predicted molar refractivity (Wildman–Crippen MR) is 74.6 cm³/mol. The molecule has 3 atom stereocenters. The molecule has 0 aromatic rings. The molecule has 1 heterocycles. The Bertz CT molecular complexity index is 350. The molecular formula is C16H26O3. The quantitative estimate of drug-likeness (QED) is 0.414. The van der Waals surface area contributed by atoms with Crippen molar-refractivity contribution in [1.29, 1.82) is 0 Å². The Labute approximate surface area is 116 Å². The molecule has 1 aliphatic heterocycles. The maximum atomic E-state index is 11.9. The van der Waals surface area contributed by atoms with E-state index in [2.05, 4.69) is 13.5 Å². The van der Waals surface area contributed by atoms with Gasteiger partial charge in [-0.05, 0) is 26.2 Å². The van der Waals surface area contributed by atoms with Crippen LogP contribution in [0.15, 0.2) is 12.2 Å². The number of hydrogen-bond donors (Lipinski definition) is 0. The van der Waals surface area contributed by atoms with Gasteiger partial charge in [0, 0.05) is 12.0 Å². The third-order valence-corrected chi connectivity index (χ3v) is 4.36. The molecule has 3 nitrogen and oxygen atoms in total. The molecule has 0 amide bonds. The highest BCUT2D eigenvalue weighted by atomic mass is 16.7. The van der Waals surface area contributed by atoms with Gasteiger partial charge in [0.15, 0.2) is 0 Å². The van der Waals surface area contributed by atoms with Gasteiger partial charge < -0.3 is 9.47 Å². The Balaban J connectivity index is 2.01. The Hall–Kier alpha value is -0.830. The van der Waals surface area contributed by atoms with Crippen LogP contribution in [0, 0.1) is 5.92 Å². The fourth-order valence-electron chi connectivity index (χ4n) is 3.27. The summed E-state index contributed by atoms with van der Waals surface area (Å²) in [6.07, 6.45) is 9.24. The zero-order valence-corrected chi connectivity index (χ0v) is 12.2. The van der Waals surface area contributed by atoms with E-state index >= 15 is 0 Å². The van der Waals surface area contributed by atoms with Crippen LogP contribution in [0.3, 0.4) is 0 Å². The van der Waals surface area contributed by atoms with Crippen LogP contribution >= 0.6 is 0 Å². The van der Waals surface area contributed by atoms with E-state index in [-0.39, 0.29) is 5.97 Å². The maximum absolute atomic E-state index is 11.9. The Morgan fingerprint density at radius 1 is 1.37 bits per heavy atom. The monoisotopic (exact) mass is 266 g/mol. The minimum absolute atomic E-state index is 0.305. The van der Waals surface area contributed by atoms with E-state index in [0.29, 0.717) is 17.6 Å². The van der Waals surface area contributed by atoms with Crippen molar-refractivity contribution in [2.45, 2.75) is 77.1 Å². The van der Waals surface area contributed by atoms with Crippen LogP contribution in [-0.4, -0.2) is 17.9 Å². The van der Waals surface area contributed by atoms with E-state index < -0.39 is 5.79 Å². The van der Waals surface area contributed by atoms with Crippen LogP contribution in [0.4, 0.5) is 0 Å². The Kier molecular flexibility index (Phi) is 4.67. The summed E-state index contributed by atoms with van der Waals surface area (Å²) in [6, 6.07) is 0. The molecule has 3 unspecified atom stereocenters. The highest BCUT2D eigenvalue weighted by Gasteiger charge is 2.58. The second-order valence-electron chi connectivity index (χ2n) is 5.99. The SMILES string of the molecule is C=C(C)C(=O)OC1(CCCCC)OC2CCCCC21. The number of hydrogen-bond acceptors (Lipinski definition) is 3. The van der Waals surface area contributed by atoms with E-state index in [4.69, 9.17) is 9.47 Å². The first-order valence-electron chi connectivity index (χ1n) is 7.65. The van der Waals surface area contributed by atoms with E-state index in [0.717, 1.165) is 32.1 Å². The molecule has 3 heteroatoms. The molecule has 0 N–H and O–H groups in total. The van der Waals surface area contributed by atoms with Crippen molar-refractivity contribution < 1.29 is 14.3 Å². The summed E-state index contributed by atoms with van der Waals surface area (Å²) >= 11 is 0. The van der Waals surface area contributed by atoms with Gasteiger partial charge >= 0.3 is 5.97 Å². The lowest BCUT2D eigenvalue weighted by atomic mass is 9.73. The van der Waals surface area contributed by atoms with Gasteiger partial charge in [0.2, 0.25) is 5.79 Å². The van der Waals surface area contributed by atoms with Crippen LogP contribution < -0.4 is 0 Å². The minimum atomic E-state index is -0.643. The molecule has 2 rings (SSSR count). The first-order chi connectivity index (χ1) is 9.09. The van der Waals surface area contributed by atoms with Gasteiger partial charge in [-0.1, -0.05) is 39.2 Å². The molecule has 0 radical (unpaired) electrons. The van der Waals surface area contributed by atoms with E-state index in [9.17, 15) is 4.79 Å². The molecule has 19 heavy (non-hydrogen) atoms. The fourth-order valence-corrected chi connectivity index (χ4v) is 3.27. The third kappa shape index (κ3) is 3.02. The summed E-state index contributed by atoms with van der Waals surface area (Å²) in [4.78, 5) is 11.9. The number of carbonyl (C=O) groups is 1. The van der Waals surface area contributed by atoms with Gasteiger partial charge in [0.25, 0.3) is 0 Å². The normalized spacial score (nSPS) is 33.2. The number of carbonyl (C=O) groups excluding carboxylic acids is 1. The standard InChI is InChI=1S/C16H26O3/c1-4-5-8-11-16(19-15(17)12(2)3)13-9-6-7-10-14(13)18-16/h13-14H,2,4-11H2,1,3H3. The van der Waals surface area contributed by atoms with Gasteiger partial charge in [0.05, 0.1) is 12.0 Å². The number of rotatable bonds is 6. The molecule has 0 aromatic carbocycles. The molecule has 108 valence electrons. The fraction of sp³-hybridized carbons (Fsp3) is 0.812. The van der Waals surface area contributed by atoms with Gasteiger partial charge in [-0.3, -0.25) is 0 Å². The second-order valence-corrected chi connectivity index (χ2v) is 5.99. The lowest BCUT2D eigenvalue weighted by Gasteiger charge is -2.55. The van der Waals surface area contributed by atoms with Crippen molar-refractivity contribution in [2.24, 2.45) is 5.92 Å². The summed E-state index contributed by atoms with van der Waals surface area (Å²) < 4.78 is 11.7. The minimum Gasteiger partial charge on any atom is -0.429 e. The number of unbranched alkanes of at least 4 members (excludes halogenated alkanes) is 2. The van der Waals surface area contributed by atoms with Gasteiger partial charge in [0.1, 0.15) is 0 Å². The average molecular weight is 266 g/mol. The lowest BCUT2D eigenvalue weighted by molar-refractivity contribution is -0.377. The Morgan fingerprint density at radius 3 is 2.74 bits per heavy atom. The summed E-state index contributed by atoms with van der Waals surface area (Å²) in [7, 11) is 0. The van der Waals surface area contributed by atoms with Crippen LogP contribution in [0.5, 0.6) is 0 Å². The summed E-state index contributed by atoms with van der Waals surface area (Å²) in [5, 5.41) is 0. The Morgan fingerprint density at radius 2 is 2.11 bits per heavy atom. The highest BCUT2D eigenvalue weighted by Crippen LogP contribution is 2.50. The summed E-state index contributed by atoms with van der Waals surface area (Å²) in [6.45, 7) is 7.54. The van der Waals surface area contributed by atoms with Crippen LogP contribution in [0.1, 0.15) is 65.2 Å². The van der Waals surface area contributed by atoms with Crippen molar-refractivity contribution in [2.75, 3.05) is 0 Å². The molecule has 2 fully saturated rings. The molecule has 1 aliphatic carbocycles. The number of esters is 1. The van der Waals surface area contributed by atoms with E-state index in [1.54, 1.807) is 6.92 Å². The molecule has 0 spiro atoms. The average Bonchev–Trinajstić information content (AvgIpc) is 2.37. The van der Waals surface area contributed by atoms with Gasteiger partial charge in [-0.25, -0.2) is 4.79 Å². The first-order valence-corrected chi connectivity index (χ1v) is 7.65. The number of ether oxygens (including phenoxy) is 2. The van der Waals surface area contributed by atoms with E-state index in [1.807, 2.05) is 0 Å². The zero-order chi connectivity index (χ0) is 13.9. The zero-order valence-electron chi connectivity index (χ0n) is 12.2. The molecule has 1 saturated heterocycles. The largest absolute Gasteiger partial charge is 0.429 e. The van der Waals surface area contributed by atoms with Crippen LogP contribution in [0.2, 0.25) is 0 Å². The van der Waals surface area contributed by atoms with Crippen LogP contribution in [-0.2, 0) is 14.3 Å². The van der Waals surface area contributed by atoms with Crippen molar-refractivity contribution in [3.05, 3.63) is 12.2 Å². The van der Waals surface area contributed by atoms with Crippen molar-refractivity contribution in [3.8, 4) is 0 Å². The topological polar surface area (TPSA) is 35.5 Å². The summed E-state index contributed by atoms with van der Waals surface area (Å²) in [5.41, 5.74) is 0.456. The predicted octanol–water partition coefficient (Wildman–Crippen LogP) is 3.97. The second kappa shape index (κ2) is 6.08. The smallest absolute Gasteiger partial charge is 0.335 e. The molecule has 2 aliphatic rings. The molecule has 1 saturated carbocycles. The highest BCUT2D eigenvalue weighted by molar-refractivity contribution is 5.87. The molecule has 0 aromatic heterocycles. The van der Waals surface area contributed by atoms with E-state index in [1.165, 1.54) is 19.3 Å². The maximum Gasteiger partial charge on any atom is 0.335 e. The summed E-state index contributed by atoms with van der Waals surface area (Å²) in [5.74, 6) is -0.544. The first kappa shape index (κ1) is 14.6. The lowest BCUT2D eigenvalue weighted by Crippen LogP contribution is -2.63. The van der Waals surface area contributed by atoms with Crippen molar-refractivity contribution in [1.82, 2.24) is 0 Å². The molecule has 0 bridgehead atoms. The van der Waals surface area contributed by atoms with Crippen LogP contribution in [0.25, 0.3) is 0 Å². The number of fused-ring (bicyclic) bond motifs is 1. The molecular weight excluding hydrogens is 240 g/mol. The van der Waals surface area contributed by atoms with Gasteiger partial charge in [-0.2, -0.15) is 0 Å². The van der Waals surface area contributed by atoms with Crippen molar-refractivity contribution >= 4 is 5.97 Å². The van der Waals surface area contributed by atoms with Crippen molar-refractivity contribution in [3.63, 3.8) is 0 Å².